The van der Waals surface area contributed by atoms with E-state index >= 15 is 0 Å². The lowest BCUT2D eigenvalue weighted by atomic mass is 9.84. The van der Waals surface area contributed by atoms with Gasteiger partial charge in [0, 0.05) is 6.04 Å². The van der Waals surface area contributed by atoms with Gasteiger partial charge in [-0.05, 0) is 31.4 Å². The van der Waals surface area contributed by atoms with E-state index in [1.807, 2.05) is 0 Å². The number of nitro benzene ring substituents is 1. The van der Waals surface area contributed by atoms with E-state index in [0.29, 0.717) is 6.54 Å². The van der Waals surface area contributed by atoms with Gasteiger partial charge in [0.15, 0.2) is 0 Å². The maximum Gasteiger partial charge on any atom is 0.295 e. The molecule has 2 atom stereocenters. The molecule has 0 heterocycles. The summed E-state index contributed by atoms with van der Waals surface area (Å²) in [7, 11) is 0. The van der Waals surface area contributed by atoms with Crippen LogP contribution in [0.1, 0.15) is 25.7 Å². The van der Waals surface area contributed by atoms with Gasteiger partial charge >= 0.3 is 0 Å². The summed E-state index contributed by atoms with van der Waals surface area (Å²) in [5.74, 6) is -0.518. The van der Waals surface area contributed by atoms with Gasteiger partial charge in [0.25, 0.3) is 5.69 Å². The Labute approximate surface area is 121 Å². The van der Waals surface area contributed by atoms with Crippen LogP contribution in [0.5, 0.6) is 0 Å². The molecule has 0 amide bonds. The van der Waals surface area contributed by atoms with Gasteiger partial charge in [-0.25, -0.2) is 4.39 Å². The van der Waals surface area contributed by atoms with Crippen molar-refractivity contribution in [2.24, 2.45) is 11.7 Å². The number of hydrogen-bond donors (Lipinski definition) is 2. The molecule has 0 bridgehead atoms. The first-order valence-electron chi connectivity index (χ1n) is 6.63. The van der Waals surface area contributed by atoms with Crippen molar-refractivity contribution in [3.8, 4) is 0 Å². The fraction of sp³-hybridized carbons (Fsp3) is 0.538. The highest BCUT2D eigenvalue weighted by molar-refractivity contribution is 6.31. The van der Waals surface area contributed by atoms with Crippen LogP contribution >= 0.6 is 11.6 Å². The molecule has 0 radical (unpaired) electrons. The van der Waals surface area contributed by atoms with E-state index in [0.717, 1.165) is 31.7 Å². The molecule has 0 aliphatic heterocycles. The molecule has 1 fully saturated rings. The van der Waals surface area contributed by atoms with Crippen LogP contribution in [0, 0.1) is 21.8 Å². The molecule has 2 unspecified atom stereocenters. The number of hydrogen-bond acceptors (Lipinski definition) is 4. The first-order chi connectivity index (χ1) is 9.52. The van der Waals surface area contributed by atoms with E-state index in [1.54, 1.807) is 0 Å². The Morgan fingerprint density at radius 3 is 2.80 bits per heavy atom. The van der Waals surface area contributed by atoms with Gasteiger partial charge in [0.05, 0.1) is 16.0 Å². The summed E-state index contributed by atoms with van der Waals surface area (Å²) < 4.78 is 13.4. The van der Waals surface area contributed by atoms with Crippen molar-refractivity contribution in [1.82, 2.24) is 0 Å². The monoisotopic (exact) mass is 301 g/mol. The summed E-state index contributed by atoms with van der Waals surface area (Å²) in [5, 5.41) is 14.0. The molecule has 0 aromatic heterocycles. The fourth-order valence-corrected chi connectivity index (χ4v) is 2.85. The molecule has 1 aliphatic carbocycles. The number of benzene rings is 1. The molecule has 5 nitrogen and oxygen atoms in total. The molecule has 20 heavy (non-hydrogen) atoms. The largest absolute Gasteiger partial charge is 0.376 e. The molecule has 1 aromatic carbocycles. The number of halogens is 2. The Hall–Kier alpha value is -1.40. The normalized spacial score (nSPS) is 22.6. The zero-order valence-corrected chi connectivity index (χ0v) is 11.7. The standard InChI is InChI=1S/C13H17ClFN3O2/c14-9-5-12(13(18(19)20)6-10(9)15)17-11-4-2-1-3-8(11)7-16/h5-6,8,11,17H,1-4,7,16H2. The highest BCUT2D eigenvalue weighted by Gasteiger charge is 2.27. The summed E-state index contributed by atoms with van der Waals surface area (Å²) in [5.41, 5.74) is 5.70. The van der Waals surface area contributed by atoms with Crippen LogP contribution in [-0.4, -0.2) is 17.5 Å². The molecule has 3 N–H and O–H groups in total. The van der Waals surface area contributed by atoms with Crippen LogP contribution in [0.2, 0.25) is 5.02 Å². The van der Waals surface area contributed by atoms with Gasteiger partial charge in [-0.15, -0.1) is 0 Å². The van der Waals surface area contributed by atoms with Crippen LogP contribution in [0.3, 0.4) is 0 Å². The van der Waals surface area contributed by atoms with E-state index in [-0.39, 0.29) is 28.4 Å². The SMILES string of the molecule is NCC1CCCCC1Nc1cc(Cl)c(F)cc1[N+](=O)[O-]. The Kier molecular flexibility index (Phi) is 4.77. The molecule has 0 saturated heterocycles. The van der Waals surface area contributed by atoms with E-state index in [4.69, 9.17) is 17.3 Å². The van der Waals surface area contributed by atoms with Gasteiger partial charge in [-0.2, -0.15) is 0 Å². The average molecular weight is 302 g/mol. The topological polar surface area (TPSA) is 81.2 Å². The van der Waals surface area contributed by atoms with Crippen molar-refractivity contribution in [2.45, 2.75) is 31.7 Å². The average Bonchev–Trinajstić information content (AvgIpc) is 2.43. The van der Waals surface area contributed by atoms with Gasteiger partial charge in [-0.1, -0.05) is 24.4 Å². The minimum absolute atomic E-state index is 0.0639. The van der Waals surface area contributed by atoms with Crippen molar-refractivity contribution in [3.63, 3.8) is 0 Å². The van der Waals surface area contributed by atoms with E-state index in [9.17, 15) is 14.5 Å². The van der Waals surface area contributed by atoms with E-state index < -0.39 is 10.7 Å². The number of anilines is 1. The maximum atomic E-state index is 13.4. The van der Waals surface area contributed by atoms with Crippen molar-refractivity contribution in [2.75, 3.05) is 11.9 Å². The number of rotatable bonds is 4. The highest BCUT2D eigenvalue weighted by Crippen LogP contribution is 2.34. The summed E-state index contributed by atoms with van der Waals surface area (Å²) in [6.45, 7) is 0.528. The zero-order valence-electron chi connectivity index (χ0n) is 10.9. The second-order valence-electron chi connectivity index (χ2n) is 5.07. The molecule has 7 heteroatoms. The summed E-state index contributed by atoms with van der Waals surface area (Å²) in [4.78, 5) is 10.4. The van der Waals surface area contributed by atoms with Gasteiger partial charge < -0.3 is 11.1 Å². The van der Waals surface area contributed by atoms with Crippen LogP contribution in [0.4, 0.5) is 15.8 Å². The van der Waals surface area contributed by atoms with Crippen molar-refractivity contribution >= 4 is 23.0 Å². The Bertz CT molecular complexity index is 513. The predicted octanol–water partition coefficient (Wildman–Crippen LogP) is 3.32. The lowest BCUT2D eigenvalue weighted by molar-refractivity contribution is -0.384. The third-order valence-electron chi connectivity index (χ3n) is 3.79. The van der Waals surface area contributed by atoms with E-state index in [2.05, 4.69) is 5.32 Å². The van der Waals surface area contributed by atoms with Crippen molar-refractivity contribution < 1.29 is 9.31 Å². The Morgan fingerprint density at radius 1 is 1.45 bits per heavy atom. The van der Waals surface area contributed by atoms with Crippen LogP contribution < -0.4 is 11.1 Å². The van der Waals surface area contributed by atoms with Gasteiger partial charge in [-0.3, -0.25) is 10.1 Å². The third-order valence-corrected chi connectivity index (χ3v) is 4.08. The number of nitro groups is 1. The minimum atomic E-state index is -0.789. The maximum absolute atomic E-state index is 13.4. The molecule has 110 valence electrons. The third kappa shape index (κ3) is 3.19. The second kappa shape index (κ2) is 6.37. The Balaban J connectivity index is 2.27. The van der Waals surface area contributed by atoms with Crippen LogP contribution in [-0.2, 0) is 0 Å². The number of nitrogens with one attached hydrogen (secondary N) is 1. The molecule has 0 spiro atoms. The van der Waals surface area contributed by atoms with Crippen LogP contribution in [0.25, 0.3) is 0 Å². The van der Waals surface area contributed by atoms with E-state index in [1.165, 1.54) is 6.07 Å². The fourth-order valence-electron chi connectivity index (χ4n) is 2.68. The first-order valence-corrected chi connectivity index (χ1v) is 7.00. The van der Waals surface area contributed by atoms with Crippen LogP contribution in [0.15, 0.2) is 12.1 Å². The molecule has 2 rings (SSSR count). The summed E-state index contributed by atoms with van der Waals surface area (Å²) in [6.07, 6.45) is 4.06. The molecule has 1 saturated carbocycles. The molecular formula is C13H17ClFN3O2. The number of nitrogens with zero attached hydrogens (tertiary/aromatic N) is 1. The lowest BCUT2D eigenvalue weighted by Gasteiger charge is -2.32. The van der Waals surface area contributed by atoms with Crippen molar-refractivity contribution in [1.29, 1.82) is 0 Å². The molecule has 1 aliphatic rings. The van der Waals surface area contributed by atoms with Gasteiger partial charge in [0.2, 0.25) is 0 Å². The predicted molar refractivity (Wildman–Crippen MR) is 76.5 cm³/mol. The zero-order chi connectivity index (χ0) is 14.7. The van der Waals surface area contributed by atoms with Crippen molar-refractivity contribution in [3.05, 3.63) is 33.1 Å². The summed E-state index contributed by atoms with van der Waals surface area (Å²) in [6, 6.07) is 2.19. The smallest absolute Gasteiger partial charge is 0.295 e. The number of nitrogens with two attached hydrogens (primary N) is 1. The molecular weight excluding hydrogens is 285 g/mol. The Morgan fingerprint density at radius 2 is 2.15 bits per heavy atom. The minimum Gasteiger partial charge on any atom is -0.376 e. The first kappa shape index (κ1) is 15.0. The second-order valence-corrected chi connectivity index (χ2v) is 5.48. The highest BCUT2D eigenvalue weighted by atomic mass is 35.5. The quantitative estimate of drug-likeness (QED) is 0.660. The van der Waals surface area contributed by atoms with Gasteiger partial charge in [0.1, 0.15) is 11.5 Å². The lowest BCUT2D eigenvalue weighted by Crippen LogP contribution is -2.36. The molecule has 1 aromatic rings. The summed E-state index contributed by atoms with van der Waals surface area (Å²) >= 11 is 5.72.